The molecule has 6 rings (SSSR count). The van der Waals surface area contributed by atoms with Crippen molar-refractivity contribution in [3.63, 3.8) is 0 Å². The summed E-state index contributed by atoms with van der Waals surface area (Å²) in [5, 5.41) is 29.1. The van der Waals surface area contributed by atoms with E-state index in [9.17, 15) is 53.1 Å². The predicted molar refractivity (Wildman–Crippen MR) is 431 cm³/mol. The zero-order valence-electron chi connectivity index (χ0n) is 67.7. The first-order chi connectivity index (χ1) is 54.5. The van der Waals surface area contributed by atoms with Crippen LogP contribution in [0.2, 0.25) is 0 Å². The van der Waals surface area contributed by atoms with Crippen molar-refractivity contribution in [1.82, 2.24) is 37.2 Å². The Morgan fingerprint density at radius 1 is 0.354 bits per heavy atom. The maximum atomic E-state index is 13.7. The average Bonchev–Trinajstić information content (AvgIpc) is 1.62. The van der Waals surface area contributed by atoms with E-state index in [-0.39, 0.29) is 166 Å². The van der Waals surface area contributed by atoms with Crippen LogP contribution in [0.1, 0.15) is 243 Å². The van der Waals surface area contributed by atoms with Gasteiger partial charge in [0, 0.05) is 57.3 Å². The second kappa shape index (κ2) is 52.4. The molecule has 2 aliphatic rings. The van der Waals surface area contributed by atoms with Crippen LogP contribution in [0, 0.1) is 0 Å². The summed E-state index contributed by atoms with van der Waals surface area (Å²) in [6, 6.07) is 28.5. The summed E-state index contributed by atoms with van der Waals surface area (Å²) in [6.07, 6.45) is 19.3. The predicted octanol–water partition coefficient (Wildman–Crippen LogP) is 12.7. The first-order valence-electron chi connectivity index (χ1n) is 41.0. The van der Waals surface area contributed by atoms with Gasteiger partial charge in [-0.1, -0.05) is 187 Å². The van der Waals surface area contributed by atoms with Crippen LogP contribution < -0.4 is 37.2 Å². The van der Waals surface area contributed by atoms with Crippen molar-refractivity contribution in [2.24, 2.45) is 0 Å². The van der Waals surface area contributed by atoms with Gasteiger partial charge in [0.15, 0.2) is 0 Å². The number of rotatable bonds is 58. The Bertz CT molecular complexity index is 3490. The summed E-state index contributed by atoms with van der Waals surface area (Å²) in [6.45, 7) is 12.4. The summed E-state index contributed by atoms with van der Waals surface area (Å²) in [7, 11) is 0. The number of benzene rings is 4. The number of carboxylic acids is 1. The minimum Gasteiger partial charge on any atom is -0.480 e. The molecule has 4 aromatic rings. The van der Waals surface area contributed by atoms with Gasteiger partial charge in [-0.3, -0.25) is 28.8 Å². The molecule has 0 aromatic heterocycles. The van der Waals surface area contributed by atoms with Gasteiger partial charge in [-0.05, 0) is 144 Å². The summed E-state index contributed by atoms with van der Waals surface area (Å²) >= 11 is 0. The maximum Gasteiger partial charge on any atom is 0.407 e. The molecule has 2 aliphatic carbocycles. The van der Waals surface area contributed by atoms with Gasteiger partial charge in [-0.2, -0.15) is 0 Å². The highest BCUT2D eigenvalue weighted by Crippen LogP contribution is 2.46. The van der Waals surface area contributed by atoms with Gasteiger partial charge in [-0.15, -0.1) is 0 Å². The maximum absolute atomic E-state index is 13.7. The van der Waals surface area contributed by atoms with Crippen molar-refractivity contribution in [1.29, 1.82) is 0 Å². The van der Waals surface area contributed by atoms with E-state index >= 15 is 0 Å². The number of hydrogen-bond donors (Lipinski definition) is 8. The third-order valence-corrected chi connectivity index (χ3v) is 19.3. The molecule has 0 aliphatic heterocycles. The summed E-state index contributed by atoms with van der Waals surface area (Å²) in [5.41, 5.74) is 7.21. The van der Waals surface area contributed by atoms with Gasteiger partial charge in [0.2, 0.25) is 29.5 Å². The average molecular weight is 1580 g/mol. The fourth-order valence-corrected chi connectivity index (χ4v) is 13.7. The van der Waals surface area contributed by atoms with Crippen LogP contribution in [0.25, 0.3) is 22.3 Å². The normalized spacial score (nSPS) is 13.0. The van der Waals surface area contributed by atoms with Crippen molar-refractivity contribution in [3.05, 3.63) is 119 Å². The van der Waals surface area contributed by atoms with Crippen LogP contribution in [-0.2, 0) is 76.3 Å². The quantitative estimate of drug-likeness (QED) is 0.0116. The molecule has 0 spiro atoms. The Balaban J connectivity index is 0.749. The number of nitrogens with one attached hydrogen (secondary N) is 7. The summed E-state index contributed by atoms with van der Waals surface area (Å²) in [5.74, 6) is -4.05. The number of aliphatic carboxylic acids is 1. The fourth-order valence-electron chi connectivity index (χ4n) is 13.7. The Morgan fingerprint density at radius 2 is 0.726 bits per heavy atom. The molecule has 0 fully saturated rings. The molecule has 0 unspecified atom stereocenters. The first kappa shape index (κ1) is 92.9. The minimum atomic E-state index is -1.23. The molecule has 624 valence electrons. The van der Waals surface area contributed by atoms with E-state index in [4.69, 9.17) is 37.9 Å². The second-order valence-corrected chi connectivity index (χ2v) is 31.0. The van der Waals surface area contributed by atoms with E-state index in [1.165, 1.54) is 64.2 Å². The van der Waals surface area contributed by atoms with Crippen LogP contribution in [0.15, 0.2) is 97.1 Å². The number of esters is 2. The zero-order valence-corrected chi connectivity index (χ0v) is 67.7. The fraction of sp³-hybridized carbons (Fsp3) is 0.609. The lowest BCUT2D eigenvalue weighted by atomic mass is 9.98. The molecule has 4 aromatic carbocycles. The smallest absolute Gasteiger partial charge is 0.407 e. The number of carboxylic acid groups (broad SMARTS) is 1. The van der Waals surface area contributed by atoms with Crippen LogP contribution in [0.5, 0.6) is 0 Å². The monoisotopic (exact) mass is 1570 g/mol. The lowest BCUT2D eigenvalue weighted by Crippen LogP contribution is -2.47. The number of amides is 7. The van der Waals surface area contributed by atoms with Crippen molar-refractivity contribution in [2.75, 3.05) is 92.2 Å². The molecule has 0 saturated carbocycles. The Kier molecular flexibility index (Phi) is 43.1. The lowest BCUT2D eigenvalue weighted by molar-refractivity contribution is -0.159. The van der Waals surface area contributed by atoms with Crippen molar-refractivity contribution in [3.8, 4) is 22.3 Å². The number of hydrogen-bond acceptors (Lipinski definition) is 18. The van der Waals surface area contributed by atoms with Gasteiger partial charge in [0.05, 0.1) is 39.6 Å². The standard InChI is InChI=1S/C87H127N7O19/c1-86(2,3)112-80(99)46-22-20-18-16-14-12-10-8-7-9-11-13-15-17-19-21-45-77(96)92-75(83(103)113-87(4,5)6)47-48-76(95)89-51-53-106-55-58-109-62-79(98)90-52-54-107-56-57-108-61-78(97)88-49-33-31-43-73(93-84(104)110-59-71-67-39-27-23-35-63(67)64-36-24-28-40-68(64)71)81(100)91-50-34-32-44-74(82(101)102)94-85(105)111-60-72-69-41-29-25-37-65(69)66-38-26-30-42-70(66)72/h23-30,35-42,71-75H,7-22,31-34,43-62H2,1-6H3,(H,88,97)(H,89,95)(H,90,98)(H,91,100)(H,92,96)(H,93,104)(H,94,105)(H,101,102)/t73-,74-,75-/m0/s1. The number of alkyl carbamates (subject to hydrolysis) is 2. The van der Waals surface area contributed by atoms with Gasteiger partial charge < -0.3 is 80.2 Å². The molecule has 26 heteroatoms. The number of fused-ring (bicyclic) bond motifs is 6. The molecule has 0 bridgehead atoms. The van der Waals surface area contributed by atoms with E-state index in [1.54, 1.807) is 20.8 Å². The molecule has 0 saturated heterocycles. The summed E-state index contributed by atoms with van der Waals surface area (Å²) in [4.78, 5) is 128. The molecule has 0 radical (unpaired) electrons. The molecule has 3 atom stereocenters. The second-order valence-electron chi connectivity index (χ2n) is 31.0. The molecule has 8 N–H and O–H groups in total. The van der Waals surface area contributed by atoms with Crippen molar-refractivity contribution < 1.29 is 90.9 Å². The molecule has 113 heavy (non-hydrogen) atoms. The minimum absolute atomic E-state index is 0.0127. The number of carbonyl (C=O) groups excluding carboxylic acids is 9. The van der Waals surface area contributed by atoms with Gasteiger partial charge >= 0.3 is 30.1 Å². The molecular formula is C87H127N7O19. The largest absolute Gasteiger partial charge is 0.480 e. The van der Waals surface area contributed by atoms with E-state index in [0.29, 0.717) is 38.5 Å². The number of unbranched alkanes of at least 4 members (excludes halogenated alkanes) is 17. The molecule has 7 amide bonds. The van der Waals surface area contributed by atoms with Crippen molar-refractivity contribution >= 4 is 59.6 Å². The molecular weight excluding hydrogens is 1450 g/mol. The van der Waals surface area contributed by atoms with Gasteiger partial charge in [0.25, 0.3) is 0 Å². The van der Waals surface area contributed by atoms with Crippen molar-refractivity contribution in [2.45, 2.75) is 250 Å². The van der Waals surface area contributed by atoms with E-state index in [1.807, 2.05) is 118 Å². The molecule has 0 heterocycles. The van der Waals surface area contributed by atoms with E-state index in [0.717, 1.165) is 76.6 Å². The van der Waals surface area contributed by atoms with Crippen LogP contribution >= 0.6 is 0 Å². The van der Waals surface area contributed by atoms with Crippen LogP contribution in [-0.4, -0.2) is 186 Å². The summed E-state index contributed by atoms with van der Waals surface area (Å²) < 4.78 is 44.3. The Hall–Kier alpha value is -8.98. The number of ether oxygens (including phenoxy) is 8. The highest BCUT2D eigenvalue weighted by atomic mass is 16.6. The third kappa shape index (κ3) is 37.7. The Morgan fingerprint density at radius 3 is 1.16 bits per heavy atom. The highest BCUT2D eigenvalue weighted by molar-refractivity contribution is 5.87. The van der Waals surface area contributed by atoms with Crippen LogP contribution in [0.4, 0.5) is 9.59 Å². The third-order valence-electron chi connectivity index (χ3n) is 19.3. The van der Waals surface area contributed by atoms with E-state index < -0.39 is 59.4 Å². The van der Waals surface area contributed by atoms with Gasteiger partial charge in [-0.25, -0.2) is 19.2 Å². The lowest BCUT2D eigenvalue weighted by Gasteiger charge is -2.24. The highest BCUT2D eigenvalue weighted by Gasteiger charge is 2.33. The zero-order chi connectivity index (χ0) is 81.5. The topological polar surface area (TPSA) is 349 Å². The van der Waals surface area contributed by atoms with E-state index in [2.05, 4.69) is 37.2 Å². The van der Waals surface area contributed by atoms with Crippen LogP contribution in [0.3, 0.4) is 0 Å². The van der Waals surface area contributed by atoms with Gasteiger partial charge in [0.1, 0.15) is 55.8 Å². The first-order valence-corrected chi connectivity index (χ1v) is 41.0. The SMILES string of the molecule is CC(C)(C)OC(=O)CCCCCCCCCCCCCCCCCCC(=O)N[C@@H](CCC(=O)NCCOCCOCC(=O)NCCOCCOCC(=O)NCCCC[C@H](NC(=O)OCC1c2ccccc2-c2ccccc21)C(=O)NCCCC[C@H](NC(=O)OCC1c2ccccc2-c2ccccc21)C(=O)O)C(=O)OC(C)(C)C. The Labute approximate surface area is 668 Å². The molecule has 26 nitrogen and oxygen atoms in total. The number of carbonyl (C=O) groups is 10.